The molecule has 0 saturated carbocycles. The molecule has 0 spiro atoms. The molecule has 0 aliphatic carbocycles. The topological polar surface area (TPSA) is 74.7 Å². The van der Waals surface area contributed by atoms with Crippen LogP contribution in [0.2, 0.25) is 0 Å². The van der Waals surface area contributed by atoms with Crippen molar-refractivity contribution in [2.24, 2.45) is 0 Å². The van der Waals surface area contributed by atoms with Gasteiger partial charge in [0.2, 0.25) is 5.91 Å². The number of likely N-dealkylation sites (N-methyl/N-ethyl adjacent to an activating group) is 1. The first-order chi connectivity index (χ1) is 7.44. The molecule has 0 radical (unpaired) electrons. The van der Waals surface area contributed by atoms with E-state index in [1.54, 1.807) is 7.05 Å². The molecule has 1 amide bonds. The number of rotatable bonds is 5. The first kappa shape index (κ1) is 13.8. The van der Waals surface area contributed by atoms with E-state index in [1.165, 1.54) is 16.7 Å². The number of sulfone groups is 1. The van der Waals surface area contributed by atoms with Gasteiger partial charge in [-0.25, -0.2) is 8.42 Å². The highest BCUT2D eigenvalue weighted by Gasteiger charge is 2.28. The molecule has 1 unspecified atom stereocenters. The zero-order chi connectivity index (χ0) is 12.2. The van der Waals surface area contributed by atoms with E-state index in [9.17, 15) is 13.2 Å². The fourth-order valence-corrected chi connectivity index (χ4v) is 5.05. The van der Waals surface area contributed by atoms with Crippen LogP contribution < -0.4 is 0 Å². The Morgan fingerprint density at radius 1 is 1.56 bits per heavy atom. The van der Waals surface area contributed by atoms with Crippen LogP contribution in [0.1, 0.15) is 6.42 Å². The molecule has 0 aromatic carbocycles. The Balaban J connectivity index is 2.28. The van der Waals surface area contributed by atoms with Crippen LogP contribution >= 0.6 is 11.8 Å². The number of carbonyl (C=O) groups excluding carboxylic acids is 1. The van der Waals surface area contributed by atoms with Gasteiger partial charge in [0.25, 0.3) is 0 Å². The average Bonchev–Trinajstić information content (AvgIpc) is 2.55. The number of aliphatic hydroxyl groups excluding tert-OH is 1. The minimum atomic E-state index is -2.86. The maximum Gasteiger partial charge on any atom is 0.232 e. The molecular formula is C9H17NO4S2. The van der Waals surface area contributed by atoms with E-state index >= 15 is 0 Å². The maximum atomic E-state index is 11.5. The Bertz CT molecular complexity index is 341. The van der Waals surface area contributed by atoms with Gasteiger partial charge in [0, 0.05) is 18.8 Å². The van der Waals surface area contributed by atoms with E-state index in [0.717, 1.165) is 0 Å². The van der Waals surface area contributed by atoms with Gasteiger partial charge in [0.15, 0.2) is 9.84 Å². The highest BCUT2D eigenvalue weighted by molar-refractivity contribution is 8.02. The molecule has 1 atom stereocenters. The van der Waals surface area contributed by atoms with Crippen LogP contribution in [0.15, 0.2) is 0 Å². The molecule has 94 valence electrons. The van der Waals surface area contributed by atoms with Crippen molar-refractivity contribution < 1.29 is 18.3 Å². The fourth-order valence-electron chi connectivity index (χ4n) is 1.47. The van der Waals surface area contributed by atoms with E-state index in [4.69, 9.17) is 5.11 Å². The quantitative estimate of drug-likeness (QED) is 0.717. The molecule has 1 aliphatic rings. The number of amides is 1. The minimum Gasteiger partial charge on any atom is -0.395 e. The molecule has 1 N–H and O–H groups in total. The number of nitrogens with zero attached hydrogens (tertiary/aromatic N) is 1. The monoisotopic (exact) mass is 267 g/mol. The summed E-state index contributed by atoms with van der Waals surface area (Å²) in [7, 11) is -1.23. The van der Waals surface area contributed by atoms with Crippen molar-refractivity contribution >= 4 is 27.5 Å². The van der Waals surface area contributed by atoms with Crippen LogP contribution in [-0.4, -0.2) is 67.0 Å². The van der Waals surface area contributed by atoms with Gasteiger partial charge in [-0.15, -0.1) is 11.8 Å². The molecule has 1 rings (SSSR count). The predicted octanol–water partition coefficient (Wildman–Crippen LogP) is -0.643. The van der Waals surface area contributed by atoms with Crippen LogP contribution in [0.3, 0.4) is 0 Å². The van der Waals surface area contributed by atoms with Gasteiger partial charge in [-0.3, -0.25) is 4.79 Å². The lowest BCUT2D eigenvalue weighted by atomic mass is 10.4. The number of aliphatic hydroxyl groups is 1. The summed E-state index contributed by atoms with van der Waals surface area (Å²) in [6.45, 7) is 0.271. The number of carbonyl (C=O) groups is 1. The third kappa shape index (κ3) is 4.31. The van der Waals surface area contributed by atoms with Gasteiger partial charge in [0.1, 0.15) is 0 Å². The van der Waals surface area contributed by atoms with E-state index in [0.29, 0.717) is 13.0 Å². The van der Waals surface area contributed by atoms with E-state index in [2.05, 4.69) is 0 Å². The number of hydrogen-bond acceptors (Lipinski definition) is 5. The third-order valence-corrected chi connectivity index (χ3v) is 5.76. The Morgan fingerprint density at radius 2 is 2.25 bits per heavy atom. The predicted molar refractivity (Wildman–Crippen MR) is 64.2 cm³/mol. The molecule has 16 heavy (non-hydrogen) atoms. The van der Waals surface area contributed by atoms with Crippen molar-refractivity contribution in [1.82, 2.24) is 4.90 Å². The summed E-state index contributed by atoms with van der Waals surface area (Å²) in [6.07, 6.45) is 0.643. The Hall–Kier alpha value is -0.270. The third-order valence-electron chi connectivity index (χ3n) is 2.49. The van der Waals surface area contributed by atoms with E-state index in [-0.39, 0.29) is 35.0 Å². The zero-order valence-electron chi connectivity index (χ0n) is 9.26. The molecule has 5 nitrogen and oxygen atoms in total. The summed E-state index contributed by atoms with van der Waals surface area (Å²) in [6, 6.07) is 0. The van der Waals surface area contributed by atoms with E-state index < -0.39 is 9.84 Å². The molecule has 1 heterocycles. The normalized spacial score (nSPS) is 23.2. The summed E-state index contributed by atoms with van der Waals surface area (Å²) in [4.78, 5) is 13.0. The van der Waals surface area contributed by atoms with Crippen molar-refractivity contribution in [2.75, 3.05) is 37.5 Å². The fraction of sp³-hybridized carbons (Fsp3) is 0.889. The van der Waals surface area contributed by atoms with Crippen LogP contribution in [-0.2, 0) is 14.6 Å². The average molecular weight is 267 g/mol. The first-order valence-electron chi connectivity index (χ1n) is 5.11. The molecule has 1 fully saturated rings. The van der Waals surface area contributed by atoms with Gasteiger partial charge < -0.3 is 10.0 Å². The van der Waals surface area contributed by atoms with Crippen molar-refractivity contribution in [3.63, 3.8) is 0 Å². The SMILES string of the molecule is CN(CCO)C(=O)CSC1CCS(=O)(=O)C1. The first-order valence-corrected chi connectivity index (χ1v) is 7.98. The maximum absolute atomic E-state index is 11.5. The van der Waals surface area contributed by atoms with Gasteiger partial charge in [-0.05, 0) is 6.42 Å². The Morgan fingerprint density at radius 3 is 2.75 bits per heavy atom. The summed E-state index contributed by atoms with van der Waals surface area (Å²) in [5.74, 6) is 0.653. The molecule has 0 aromatic rings. The second-order valence-electron chi connectivity index (χ2n) is 3.87. The van der Waals surface area contributed by atoms with Crippen molar-refractivity contribution in [1.29, 1.82) is 0 Å². The van der Waals surface area contributed by atoms with Gasteiger partial charge in [-0.1, -0.05) is 0 Å². The summed E-state index contributed by atoms with van der Waals surface area (Å²) < 4.78 is 22.4. The molecule has 1 aliphatic heterocycles. The molecule has 7 heteroatoms. The van der Waals surface area contributed by atoms with Gasteiger partial charge in [0.05, 0.1) is 23.9 Å². The number of hydrogen-bond donors (Lipinski definition) is 1. The molecule has 0 bridgehead atoms. The van der Waals surface area contributed by atoms with Crippen molar-refractivity contribution in [3.05, 3.63) is 0 Å². The lowest BCUT2D eigenvalue weighted by molar-refractivity contribution is -0.127. The van der Waals surface area contributed by atoms with Crippen LogP contribution in [0, 0.1) is 0 Å². The second-order valence-corrected chi connectivity index (χ2v) is 7.39. The summed E-state index contributed by atoms with van der Waals surface area (Å²) in [5.41, 5.74) is 0. The van der Waals surface area contributed by atoms with Crippen LogP contribution in [0.5, 0.6) is 0 Å². The molecular weight excluding hydrogens is 250 g/mol. The van der Waals surface area contributed by atoms with Crippen molar-refractivity contribution in [3.8, 4) is 0 Å². The number of thioether (sulfide) groups is 1. The summed E-state index contributed by atoms with van der Waals surface area (Å²) >= 11 is 1.40. The van der Waals surface area contributed by atoms with Gasteiger partial charge in [-0.2, -0.15) is 0 Å². The highest BCUT2D eigenvalue weighted by Crippen LogP contribution is 2.24. The Kier molecular flexibility index (Phi) is 5.07. The van der Waals surface area contributed by atoms with Crippen molar-refractivity contribution in [2.45, 2.75) is 11.7 Å². The standard InChI is InChI=1S/C9H17NO4S2/c1-10(3-4-11)9(12)6-15-8-2-5-16(13,14)7-8/h8,11H,2-7H2,1H3. The van der Waals surface area contributed by atoms with Crippen LogP contribution in [0.25, 0.3) is 0 Å². The highest BCUT2D eigenvalue weighted by atomic mass is 32.2. The zero-order valence-corrected chi connectivity index (χ0v) is 10.9. The second kappa shape index (κ2) is 5.88. The summed E-state index contributed by atoms with van der Waals surface area (Å²) in [5, 5.41) is 8.71. The van der Waals surface area contributed by atoms with E-state index in [1.807, 2.05) is 0 Å². The minimum absolute atomic E-state index is 0.0509. The lowest BCUT2D eigenvalue weighted by Gasteiger charge is -2.16. The largest absolute Gasteiger partial charge is 0.395 e. The smallest absolute Gasteiger partial charge is 0.232 e. The Labute approximate surface area is 100 Å². The molecule has 0 aromatic heterocycles. The lowest BCUT2D eigenvalue weighted by Crippen LogP contribution is -2.31. The molecule has 1 saturated heterocycles. The van der Waals surface area contributed by atoms with Crippen LogP contribution in [0.4, 0.5) is 0 Å². The van der Waals surface area contributed by atoms with Gasteiger partial charge >= 0.3 is 0 Å².